The van der Waals surface area contributed by atoms with Gasteiger partial charge in [-0.1, -0.05) is 19.8 Å². The number of hydrogen-bond acceptors (Lipinski definition) is 3. The number of nitrogens with two attached hydrogens (primary N) is 1. The van der Waals surface area contributed by atoms with Crippen molar-refractivity contribution in [1.29, 1.82) is 0 Å². The molecule has 3 N–H and O–H groups in total. The molecule has 2 unspecified atom stereocenters. The highest BCUT2D eigenvalue weighted by atomic mass is 32.2. The minimum atomic E-state index is -4.34. The van der Waals surface area contributed by atoms with Gasteiger partial charge in [0.25, 0.3) is 0 Å². The molecule has 2 rings (SSSR count). The lowest BCUT2D eigenvalue weighted by Crippen LogP contribution is -2.59. The Bertz CT molecular complexity index is 666. The smallest absolute Gasteiger partial charge is 0.244 e. The van der Waals surface area contributed by atoms with E-state index in [1.54, 1.807) is 0 Å². The van der Waals surface area contributed by atoms with E-state index in [4.69, 9.17) is 5.73 Å². The summed E-state index contributed by atoms with van der Waals surface area (Å²) in [7, 11) is -4.34. The first kappa shape index (κ1) is 17.2. The number of rotatable bonds is 4. The van der Waals surface area contributed by atoms with Gasteiger partial charge in [-0.15, -0.1) is 0 Å². The average molecular weight is 336 g/mol. The van der Waals surface area contributed by atoms with Crippen LogP contribution in [0.4, 0.5) is 13.2 Å². The second-order valence-electron chi connectivity index (χ2n) is 5.81. The Morgan fingerprint density at radius 3 is 2.45 bits per heavy atom. The predicted octanol–water partition coefficient (Wildman–Crippen LogP) is 2.29. The van der Waals surface area contributed by atoms with E-state index >= 15 is 0 Å². The molecule has 1 aromatic rings. The first-order chi connectivity index (χ1) is 10.2. The average Bonchev–Trinajstić information content (AvgIpc) is 2.45. The molecule has 1 fully saturated rings. The van der Waals surface area contributed by atoms with Gasteiger partial charge < -0.3 is 5.73 Å². The van der Waals surface area contributed by atoms with Gasteiger partial charge in [-0.3, -0.25) is 0 Å². The van der Waals surface area contributed by atoms with Gasteiger partial charge >= 0.3 is 0 Å². The van der Waals surface area contributed by atoms with Crippen molar-refractivity contribution in [3.63, 3.8) is 0 Å². The molecular formula is C14H19F3N2O2S. The number of sulfonamides is 1. The zero-order valence-electron chi connectivity index (χ0n) is 12.2. The summed E-state index contributed by atoms with van der Waals surface area (Å²) < 4.78 is 67.2. The number of halogens is 3. The highest BCUT2D eigenvalue weighted by Gasteiger charge is 2.41. The molecule has 0 bridgehead atoms. The van der Waals surface area contributed by atoms with E-state index < -0.39 is 37.9 Å². The molecule has 1 saturated carbocycles. The SMILES string of the molecule is CC1CCCCC1(CN)NS(=O)(=O)c1cc(F)c(F)cc1F. The zero-order valence-corrected chi connectivity index (χ0v) is 13.0. The summed E-state index contributed by atoms with van der Waals surface area (Å²) in [6, 6.07) is 0.577. The molecule has 8 heteroatoms. The van der Waals surface area contributed by atoms with Crippen molar-refractivity contribution in [2.45, 2.75) is 43.0 Å². The molecule has 0 spiro atoms. The van der Waals surface area contributed by atoms with Crippen LogP contribution in [-0.2, 0) is 10.0 Å². The van der Waals surface area contributed by atoms with Crippen molar-refractivity contribution in [2.75, 3.05) is 6.54 Å². The largest absolute Gasteiger partial charge is 0.329 e. The van der Waals surface area contributed by atoms with Crippen LogP contribution < -0.4 is 10.5 Å². The quantitative estimate of drug-likeness (QED) is 0.829. The van der Waals surface area contributed by atoms with Crippen molar-refractivity contribution < 1.29 is 21.6 Å². The maximum absolute atomic E-state index is 13.7. The molecule has 2 atom stereocenters. The van der Waals surface area contributed by atoms with Gasteiger partial charge in [0.2, 0.25) is 10.0 Å². The Balaban J connectivity index is 2.40. The van der Waals surface area contributed by atoms with E-state index in [-0.39, 0.29) is 18.5 Å². The zero-order chi connectivity index (χ0) is 16.5. The summed E-state index contributed by atoms with van der Waals surface area (Å²) in [6.45, 7) is 1.93. The summed E-state index contributed by atoms with van der Waals surface area (Å²) in [5.41, 5.74) is 4.86. The lowest BCUT2D eigenvalue weighted by atomic mass is 9.74. The standard InChI is InChI=1S/C14H19F3N2O2S/c1-9-4-2-3-5-14(9,8-18)19-22(20,21)13-7-11(16)10(15)6-12(13)17/h6-7,9,19H,2-5,8,18H2,1H3. The van der Waals surface area contributed by atoms with Crippen LogP contribution in [-0.4, -0.2) is 20.5 Å². The molecule has 1 aliphatic carbocycles. The fraction of sp³-hybridized carbons (Fsp3) is 0.571. The number of benzene rings is 1. The third-order valence-electron chi connectivity index (χ3n) is 4.42. The molecule has 0 aliphatic heterocycles. The van der Waals surface area contributed by atoms with Gasteiger partial charge in [-0.2, -0.15) is 0 Å². The van der Waals surface area contributed by atoms with Crippen LogP contribution in [0.2, 0.25) is 0 Å². The third-order valence-corrected chi connectivity index (χ3v) is 5.99. The first-order valence-corrected chi connectivity index (χ1v) is 8.59. The second-order valence-corrected chi connectivity index (χ2v) is 7.46. The van der Waals surface area contributed by atoms with Crippen LogP contribution in [0, 0.1) is 23.4 Å². The van der Waals surface area contributed by atoms with Gasteiger partial charge in [0.1, 0.15) is 10.7 Å². The molecule has 1 aromatic carbocycles. The number of hydrogen-bond donors (Lipinski definition) is 2. The maximum atomic E-state index is 13.7. The summed E-state index contributed by atoms with van der Waals surface area (Å²) in [5, 5.41) is 0. The fourth-order valence-corrected chi connectivity index (χ4v) is 4.55. The molecule has 124 valence electrons. The van der Waals surface area contributed by atoms with Crippen LogP contribution in [0.1, 0.15) is 32.6 Å². The number of nitrogens with one attached hydrogen (secondary N) is 1. The van der Waals surface area contributed by atoms with E-state index in [1.165, 1.54) is 0 Å². The lowest BCUT2D eigenvalue weighted by Gasteiger charge is -2.42. The normalized spacial score (nSPS) is 26.1. The minimum absolute atomic E-state index is 0.0330. The topological polar surface area (TPSA) is 72.2 Å². The molecule has 22 heavy (non-hydrogen) atoms. The molecule has 0 radical (unpaired) electrons. The van der Waals surface area contributed by atoms with E-state index in [0.29, 0.717) is 12.5 Å². The minimum Gasteiger partial charge on any atom is -0.329 e. The van der Waals surface area contributed by atoms with Gasteiger partial charge in [-0.05, 0) is 24.8 Å². The van der Waals surface area contributed by atoms with Crippen LogP contribution in [0.5, 0.6) is 0 Å². The van der Waals surface area contributed by atoms with Crippen molar-refractivity contribution >= 4 is 10.0 Å². The van der Waals surface area contributed by atoms with Gasteiger partial charge in [0.15, 0.2) is 11.6 Å². The van der Waals surface area contributed by atoms with Crippen LogP contribution in [0.15, 0.2) is 17.0 Å². The Hall–Kier alpha value is -1.12. The third kappa shape index (κ3) is 3.13. The van der Waals surface area contributed by atoms with Crippen LogP contribution >= 0.6 is 0 Å². The van der Waals surface area contributed by atoms with Crippen molar-refractivity contribution in [1.82, 2.24) is 4.72 Å². The Morgan fingerprint density at radius 1 is 1.23 bits per heavy atom. The summed E-state index contributed by atoms with van der Waals surface area (Å²) in [6.07, 6.45) is 3.07. The van der Waals surface area contributed by atoms with Crippen molar-refractivity contribution in [3.8, 4) is 0 Å². The molecule has 4 nitrogen and oxygen atoms in total. The van der Waals surface area contributed by atoms with Crippen molar-refractivity contribution in [2.24, 2.45) is 11.7 Å². The maximum Gasteiger partial charge on any atom is 0.244 e. The highest BCUT2D eigenvalue weighted by molar-refractivity contribution is 7.89. The van der Waals surface area contributed by atoms with E-state index in [1.807, 2.05) is 6.92 Å². The van der Waals surface area contributed by atoms with Gasteiger partial charge in [-0.25, -0.2) is 26.3 Å². The Kier molecular flexibility index (Phi) is 4.84. The molecule has 0 aromatic heterocycles. The summed E-state index contributed by atoms with van der Waals surface area (Å²) >= 11 is 0. The first-order valence-electron chi connectivity index (χ1n) is 7.10. The molecule has 0 saturated heterocycles. The van der Waals surface area contributed by atoms with Gasteiger partial charge in [0.05, 0.1) is 0 Å². The van der Waals surface area contributed by atoms with E-state index in [2.05, 4.69) is 4.72 Å². The van der Waals surface area contributed by atoms with Gasteiger partial charge in [0, 0.05) is 18.2 Å². The van der Waals surface area contributed by atoms with Crippen LogP contribution in [0.3, 0.4) is 0 Å². The van der Waals surface area contributed by atoms with E-state index in [0.717, 1.165) is 19.3 Å². The fourth-order valence-electron chi connectivity index (χ4n) is 2.94. The van der Waals surface area contributed by atoms with Crippen LogP contribution in [0.25, 0.3) is 0 Å². The molecule has 1 aliphatic rings. The van der Waals surface area contributed by atoms with Crippen molar-refractivity contribution in [3.05, 3.63) is 29.6 Å². The molecular weight excluding hydrogens is 317 g/mol. The lowest BCUT2D eigenvalue weighted by molar-refractivity contribution is 0.191. The monoisotopic (exact) mass is 336 g/mol. The summed E-state index contributed by atoms with van der Waals surface area (Å²) in [5.74, 6) is -4.22. The Labute approximate surface area is 127 Å². The second kappa shape index (κ2) is 6.17. The highest BCUT2D eigenvalue weighted by Crippen LogP contribution is 2.34. The molecule has 0 heterocycles. The Morgan fingerprint density at radius 2 is 1.86 bits per heavy atom. The molecule has 0 amide bonds. The predicted molar refractivity (Wildman–Crippen MR) is 76.1 cm³/mol. The summed E-state index contributed by atoms with van der Waals surface area (Å²) in [4.78, 5) is -0.906. The van der Waals surface area contributed by atoms with E-state index in [9.17, 15) is 21.6 Å².